The van der Waals surface area contributed by atoms with Crippen LogP contribution in [-0.2, 0) is 10.9 Å². The van der Waals surface area contributed by atoms with Gasteiger partial charge in [-0.2, -0.15) is 13.2 Å². The van der Waals surface area contributed by atoms with Crippen LogP contribution in [0.3, 0.4) is 0 Å². The second kappa shape index (κ2) is 6.51. The number of benzene rings is 2. The van der Waals surface area contributed by atoms with Crippen molar-refractivity contribution in [1.29, 1.82) is 0 Å². The van der Waals surface area contributed by atoms with Gasteiger partial charge < -0.3 is 4.74 Å². The Morgan fingerprint density at radius 1 is 1.05 bits per heavy atom. The lowest BCUT2D eigenvalue weighted by Crippen LogP contribution is -2.26. The summed E-state index contributed by atoms with van der Waals surface area (Å²) in [6, 6.07) is 12.8. The van der Waals surface area contributed by atoms with Crippen molar-refractivity contribution < 1.29 is 22.7 Å². The Kier molecular flexibility index (Phi) is 4.70. The van der Waals surface area contributed by atoms with Gasteiger partial charge in [0.2, 0.25) is 0 Å². The molecule has 3 nitrogen and oxygen atoms in total. The van der Waals surface area contributed by atoms with Crippen molar-refractivity contribution in [2.45, 2.75) is 13.1 Å². The standard InChI is InChI=1S/C16H13F3NO2/c1-2-22-15(21)20(13-8-4-3-5-9-13)14-10-6-7-12(11-14)16(17,18)19/h2-11H,1H3. The van der Waals surface area contributed by atoms with E-state index >= 15 is 0 Å². The lowest BCUT2D eigenvalue weighted by atomic mass is 10.1. The molecular formula is C16H13F3NO2. The number of hydrogen-bond acceptors (Lipinski definition) is 2. The van der Waals surface area contributed by atoms with E-state index in [9.17, 15) is 18.0 Å². The Morgan fingerprint density at radius 2 is 1.68 bits per heavy atom. The van der Waals surface area contributed by atoms with Crippen molar-refractivity contribution in [3.05, 3.63) is 66.8 Å². The van der Waals surface area contributed by atoms with Crippen LogP contribution < -0.4 is 4.90 Å². The number of anilines is 2. The number of amides is 1. The maximum atomic E-state index is 12.8. The van der Waals surface area contributed by atoms with Crippen molar-refractivity contribution >= 4 is 17.5 Å². The highest BCUT2D eigenvalue weighted by Crippen LogP contribution is 2.34. The van der Waals surface area contributed by atoms with Crippen LogP contribution in [0.15, 0.2) is 54.6 Å². The Balaban J connectivity index is 2.48. The number of para-hydroxylation sites is 1. The first kappa shape index (κ1) is 15.9. The molecule has 1 radical (unpaired) electrons. The first-order valence-electron chi connectivity index (χ1n) is 6.44. The average molecular weight is 308 g/mol. The molecule has 0 fully saturated rings. The Hall–Kier alpha value is -2.50. The van der Waals surface area contributed by atoms with E-state index in [0.29, 0.717) is 5.69 Å². The molecule has 0 spiro atoms. The predicted octanol–water partition coefficient (Wildman–Crippen LogP) is 5.16. The molecule has 1 amide bonds. The topological polar surface area (TPSA) is 29.5 Å². The molecule has 0 unspecified atom stereocenters. The van der Waals surface area contributed by atoms with Crippen LogP contribution in [0.2, 0.25) is 0 Å². The maximum Gasteiger partial charge on any atom is 0.419 e. The highest BCUT2D eigenvalue weighted by molar-refractivity contribution is 5.96. The number of ether oxygens (including phenoxy) is 1. The van der Waals surface area contributed by atoms with Crippen molar-refractivity contribution in [1.82, 2.24) is 0 Å². The molecule has 22 heavy (non-hydrogen) atoms. The van der Waals surface area contributed by atoms with Gasteiger partial charge in [-0.15, -0.1) is 0 Å². The van der Waals surface area contributed by atoms with E-state index in [1.165, 1.54) is 25.7 Å². The zero-order chi connectivity index (χ0) is 16.2. The third-order valence-corrected chi connectivity index (χ3v) is 2.85. The van der Waals surface area contributed by atoms with Gasteiger partial charge >= 0.3 is 12.3 Å². The van der Waals surface area contributed by atoms with Gasteiger partial charge in [-0.1, -0.05) is 24.3 Å². The summed E-state index contributed by atoms with van der Waals surface area (Å²) < 4.78 is 43.3. The minimum atomic E-state index is -4.49. The summed E-state index contributed by atoms with van der Waals surface area (Å²) in [4.78, 5) is 13.2. The molecule has 0 aliphatic rings. The molecule has 115 valence electrons. The first-order chi connectivity index (χ1) is 10.4. The molecule has 2 rings (SSSR count). The van der Waals surface area contributed by atoms with Crippen molar-refractivity contribution in [2.75, 3.05) is 4.90 Å². The minimum Gasteiger partial charge on any atom is -0.442 e. The summed E-state index contributed by atoms with van der Waals surface area (Å²) in [5, 5.41) is 0. The smallest absolute Gasteiger partial charge is 0.419 e. The SMILES string of the molecule is C[CH]OC(=O)N(c1ccccc1)c1cccc(C(F)(F)F)c1. The van der Waals surface area contributed by atoms with Crippen LogP contribution in [0.25, 0.3) is 0 Å². The number of alkyl halides is 3. The summed E-state index contributed by atoms with van der Waals surface area (Å²) in [5.41, 5.74) is -0.347. The van der Waals surface area contributed by atoms with Gasteiger partial charge in [-0.3, -0.25) is 0 Å². The Morgan fingerprint density at radius 3 is 2.27 bits per heavy atom. The highest BCUT2D eigenvalue weighted by atomic mass is 19.4. The van der Waals surface area contributed by atoms with Crippen molar-refractivity contribution in [3.63, 3.8) is 0 Å². The average Bonchev–Trinajstić information content (AvgIpc) is 2.48. The largest absolute Gasteiger partial charge is 0.442 e. The van der Waals surface area contributed by atoms with Crippen molar-refractivity contribution in [2.24, 2.45) is 0 Å². The number of carbonyl (C=O) groups is 1. The number of nitrogens with zero attached hydrogens (tertiary/aromatic N) is 1. The van der Waals surface area contributed by atoms with Gasteiger partial charge in [0.1, 0.15) is 6.61 Å². The van der Waals surface area contributed by atoms with Crippen LogP contribution in [-0.4, -0.2) is 6.09 Å². The van der Waals surface area contributed by atoms with Gasteiger partial charge in [0.15, 0.2) is 0 Å². The molecule has 0 saturated carbocycles. The van der Waals surface area contributed by atoms with E-state index in [-0.39, 0.29) is 5.69 Å². The quantitative estimate of drug-likeness (QED) is 0.783. The molecule has 6 heteroatoms. The summed E-state index contributed by atoms with van der Waals surface area (Å²) >= 11 is 0. The fourth-order valence-electron chi connectivity index (χ4n) is 1.91. The van der Waals surface area contributed by atoms with Gasteiger partial charge in [-0.25, -0.2) is 9.69 Å². The molecule has 2 aromatic carbocycles. The third-order valence-electron chi connectivity index (χ3n) is 2.85. The third kappa shape index (κ3) is 3.58. The molecule has 0 bridgehead atoms. The van der Waals surface area contributed by atoms with E-state index in [4.69, 9.17) is 4.74 Å². The summed E-state index contributed by atoms with van der Waals surface area (Å²) in [5.74, 6) is 0. The van der Waals surface area contributed by atoms with E-state index in [1.807, 2.05) is 0 Å². The normalized spacial score (nSPS) is 11.1. The van der Waals surface area contributed by atoms with Crippen molar-refractivity contribution in [3.8, 4) is 0 Å². The lowest BCUT2D eigenvalue weighted by Gasteiger charge is -2.22. The van der Waals surface area contributed by atoms with Crippen LogP contribution in [0, 0.1) is 6.61 Å². The molecule has 0 N–H and O–H groups in total. The summed E-state index contributed by atoms with van der Waals surface area (Å²) in [6.07, 6.45) is -5.27. The fourth-order valence-corrected chi connectivity index (χ4v) is 1.91. The number of carbonyl (C=O) groups excluding carboxylic acids is 1. The number of rotatable bonds is 3. The zero-order valence-electron chi connectivity index (χ0n) is 11.7. The maximum absolute atomic E-state index is 12.8. The lowest BCUT2D eigenvalue weighted by molar-refractivity contribution is -0.137. The molecule has 0 aliphatic heterocycles. The van der Waals surface area contributed by atoms with Gasteiger partial charge in [0.25, 0.3) is 0 Å². The van der Waals surface area contributed by atoms with Crippen LogP contribution in [0.4, 0.5) is 29.3 Å². The summed E-state index contributed by atoms with van der Waals surface area (Å²) in [6.45, 7) is 2.68. The zero-order valence-corrected chi connectivity index (χ0v) is 11.7. The minimum absolute atomic E-state index is 0.0767. The summed E-state index contributed by atoms with van der Waals surface area (Å²) in [7, 11) is 0. The van der Waals surface area contributed by atoms with E-state index in [1.54, 1.807) is 30.3 Å². The van der Waals surface area contributed by atoms with Crippen LogP contribution in [0.5, 0.6) is 0 Å². The molecule has 0 heterocycles. The highest BCUT2D eigenvalue weighted by Gasteiger charge is 2.31. The number of halogens is 3. The fraction of sp³-hybridized carbons (Fsp3) is 0.125. The molecule has 2 aromatic rings. The molecular weight excluding hydrogens is 295 g/mol. The molecule has 0 aromatic heterocycles. The van der Waals surface area contributed by atoms with Gasteiger partial charge in [0.05, 0.1) is 16.9 Å². The Bertz CT molecular complexity index is 641. The van der Waals surface area contributed by atoms with E-state index in [0.717, 1.165) is 17.0 Å². The van der Waals surface area contributed by atoms with Gasteiger partial charge in [-0.05, 0) is 37.3 Å². The second-order valence-corrected chi connectivity index (χ2v) is 4.34. The molecule has 0 aliphatic carbocycles. The number of hydrogen-bond donors (Lipinski definition) is 0. The van der Waals surface area contributed by atoms with E-state index < -0.39 is 17.8 Å². The molecule has 0 saturated heterocycles. The Labute approximate surface area is 125 Å². The second-order valence-electron chi connectivity index (χ2n) is 4.34. The monoisotopic (exact) mass is 308 g/mol. The van der Waals surface area contributed by atoms with Gasteiger partial charge in [0, 0.05) is 0 Å². The molecule has 0 atom stereocenters. The predicted molar refractivity (Wildman–Crippen MR) is 76.5 cm³/mol. The van der Waals surface area contributed by atoms with E-state index in [2.05, 4.69) is 0 Å². The first-order valence-corrected chi connectivity index (χ1v) is 6.44. The van der Waals surface area contributed by atoms with Crippen LogP contribution >= 0.6 is 0 Å². The van der Waals surface area contributed by atoms with Crippen LogP contribution in [0.1, 0.15) is 12.5 Å².